The Labute approximate surface area is 185 Å². The molecule has 1 N–H and O–H groups in total. The van der Waals surface area contributed by atoms with E-state index in [4.69, 9.17) is 16.0 Å². The summed E-state index contributed by atoms with van der Waals surface area (Å²) in [5.41, 5.74) is 1.81. The second kappa shape index (κ2) is 8.09. The Hall–Kier alpha value is -3.29. The molecule has 6 nitrogen and oxygen atoms in total. The number of rotatable bonds is 6. The van der Waals surface area contributed by atoms with Crippen molar-refractivity contribution >= 4 is 51.0 Å². The number of aromatic nitrogens is 3. The van der Waals surface area contributed by atoms with Crippen LogP contribution >= 0.6 is 23.4 Å². The van der Waals surface area contributed by atoms with Crippen LogP contribution in [0.1, 0.15) is 16.1 Å². The molecule has 3 heterocycles. The van der Waals surface area contributed by atoms with E-state index in [0.29, 0.717) is 32.4 Å². The van der Waals surface area contributed by atoms with Crippen LogP contribution in [0.25, 0.3) is 21.8 Å². The summed E-state index contributed by atoms with van der Waals surface area (Å²) in [6.07, 6.45) is 3.28. The van der Waals surface area contributed by atoms with E-state index in [-0.39, 0.29) is 23.6 Å². The van der Waals surface area contributed by atoms with E-state index in [9.17, 15) is 9.59 Å². The van der Waals surface area contributed by atoms with Gasteiger partial charge < -0.3 is 9.40 Å². The van der Waals surface area contributed by atoms with Gasteiger partial charge in [-0.2, -0.15) is 0 Å². The Morgan fingerprint density at radius 2 is 2.00 bits per heavy atom. The zero-order chi connectivity index (χ0) is 21.4. The zero-order valence-electron chi connectivity index (χ0n) is 16.2. The Morgan fingerprint density at radius 1 is 1.13 bits per heavy atom. The van der Waals surface area contributed by atoms with Gasteiger partial charge in [-0.25, -0.2) is 4.98 Å². The second-order valence-electron chi connectivity index (χ2n) is 6.99. The van der Waals surface area contributed by atoms with Crippen LogP contribution < -0.4 is 5.56 Å². The summed E-state index contributed by atoms with van der Waals surface area (Å²) in [7, 11) is 0. The minimum Gasteiger partial charge on any atom is -0.467 e. The summed E-state index contributed by atoms with van der Waals surface area (Å²) in [4.78, 5) is 33.9. The van der Waals surface area contributed by atoms with Gasteiger partial charge in [0.05, 0.1) is 29.5 Å². The maximum Gasteiger partial charge on any atom is 0.262 e. The van der Waals surface area contributed by atoms with Crippen molar-refractivity contribution in [2.45, 2.75) is 11.7 Å². The standard InChI is InChI=1S/C23H16ClN3O3S/c24-14-7-8-17-20(10-14)26-23(27(22(17)29)12-15-4-3-9-30-15)31-13-21(28)18-11-25-19-6-2-1-5-16(18)19/h1-11,25H,12-13H2. The summed E-state index contributed by atoms with van der Waals surface area (Å²) in [5, 5.41) is 2.26. The number of hydrogen-bond acceptors (Lipinski definition) is 5. The van der Waals surface area contributed by atoms with Gasteiger partial charge in [-0.1, -0.05) is 41.6 Å². The molecule has 0 spiro atoms. The van der Waals surface area contributed by atoms with Crippen molar-refractivity contribution in [3.05, 3.63) is 93.8 Å². The Morgan fingerprint density at radius 3 is 2.84 bits per heavy atom. The van der Waals surface area contributed by atoms with Crippen molar-refractivity contribution in [1.29, 1.82) is 0 Å². The molecule has 0 atom stereocenters. The molecule has 0 aliphatic heterocycles. The van der Waals surface area contributed by atoms with Crippen LogP contribution in [0, 0.1) is 0 Å². The molecule has 0 fully saturated rings. The number of aromatic amines is 1. The van der Waals surface area contributed by atoms with Gasteiger partial charge in [-0.05, 0) is 36.4 Å². The van der Waals surface area contributed by atoms with Crippen molar-refractivity contribution < 1.29 is 9.21 Å². The number of hydrogen-bond donors (Lipinski definition) is 1. The van der Waals surface area contributed by atoms with Crippen LogP contribution in [0.3, 0.4) is 0 Å². The van der Waals surface area contributed by atoms with Crippen LogP contribution in [-0.2, 0) is 6.54 Å². The minimum atomic E-state index is -0.208. The van der Waals surface area contributed by atoms with Crippen molar-refractivity contribution in [2.24, 2.45) is 0 Å². The van der Waals surface area contributed by atoms with E-state index in [1.165, 1.54) is 16.3 Å². The molecule has 0 radical (unpaired) electrons. The number of fused-ring (bicyclic) bond motifs is 2. The number of halogens is 1. The summed E-state index contributed by atoms with van der Waals surface area (Å²) in [6.45, 7) is 0.223. The fourth-order valence-corrected chi connectivity index (χ4v) is 4.54. The predicted molar refractivity (Wildman–Crippen MR) is 122 cm³/mol. The summed E-state index contributed by atoms with van der Waals surface area (Å²) < 4.78 is 6.95. The Kier molecular flexibility index (Phi) is 5.13. The summed E-state index contributed by atoms with van der Waals surface area (Å²) in [6, 6.07) is 16.2. The summed E-state index contributed by atoms with van der Waals surface area (Å²) in [5.74, 6) is 0.716. The zero-order valence-corrected chi connectivity index (χ0v) is 17.7. The number of Topliss-reactive ketones (excluding diaryl/α,β-unsaturated/α-hetero) is 1. The van der Waals surface area contributed by atoms with E-state index in [2.05, 4.69) is 9.97 Å². The molecule has 2 aromatic carbocycles. The van der Waals surface area contributed by atoms with Crippen LogP contribution in [0.5, 0.6) is 0 Å². The van der Waals surface area contributed by atoms with Crippen LogP contribution in [0.4, 0.5) is 0 Å². The fourth-order valence-electron chi connectivity index (χ4n) is 3.49. The Balaban J connectivity index is 1.51. The smallest absolute Gasteiger partial charge is 0.262 e. The Bertz CT molecular complexity index is 1470. The number of para-hydroxylation sites is 1. The first-order chi connectivity index (χ1) is 15.1. The van der Waals surface area contributed by atoms with E-state index in [1.54, 1.807) is 42.8 Å². The largest absolute Gasteiger partial charge is 0.467 e. The van der Waals surface area contributed by atoms with Crippen molar-refractivity contribution in [1.82, 2.24) is 14.5 Å². The number of carbonyl (C=O) groups excluding carboxylic acids is 1. The van der Waals surface area contributed by atoms with Crippen LogP contribution in [0.2, 0.25) is 5.02 Å². The van der Waals surface area contributed by atoms with Gasteiger partial charge in [-0.15, -0.1) is 0 Å². The first-order valence-corrected chi connectivity index (χ1v) is 10.9. The lowest BCUT2D eigenvalue weighted by molar-refractivity contribution is 0.102. The molecule has 0 unspecified atom stereocenters. The number of nitrogens with zero attached hydrogens (tertiary/aromatic N) is 2. The lowest BCUT2D eigenvalue weighted by Gasteiger charge is -2.12. The van der Waals surface area contributed by atoms with Gasteiger partial charge in [0.25, 0.3) is 5.56 Å². The molecule has 0 saturated carbocycles. The molecule has 3 aromatic heterocycles. The van der Waals surface area contributed by atoms with Gasteiger partial charge >= 0.3 is 0 Å². The quantitative estimate of drug-likeness (QED) is 0.220. The molecule has 154 valence electrons. The third-order valence-electron chi connectivity index (χ3n) is 5.00. The number of nitrogens with one attached hydrogen (secondary N) is 1. The van der Waals surface area contributed by atoms with Crippen molar-refractivity contribution in [2.75, 3.05) is 5.75 Å². The maximum absolute atomic E-state index is 13.2. The highest BCUT2D eigenvalue weighted by Gasteiger charge is 2.17. The highest BCUT2D eigenvalue weighted by molar-refractivity contribution is 7.99. The average molecular weight is 450 g/mol. The normalized spacial score (nSPS) is 11.4. The maximum atomic E-state index is 13.2. The predicted octanol–water partition coefficient (Wildman–Crippen LogP) is 5.15. The number of carbonyl (C=O) groups is 1. The molecule has 31 heavy (non-hydrogen) atoms. The number of H-pyrrole nitrogens is 1. The topological polar surface area (TPSA) is 80.9 Å². The molecule has 5 rings (SSSR count). The van der Waals surface area contributed by atoms with E-state index < -0.39 is 0 Å². The molecule has 5 aromatic rings. The van der Waals surface area contributed by atoms with E-state index in [0.717, 1.165) is 10.9 Å². The second-order valence-corrected chi connectivity index (χ2v) is 8.37. The first kappa shape index (κ1) is 19.7. The lowest BCUT2D eigenvalue weighted by Crippen LogP contribution is -2.24. The SMILES string of the molecule is O=C(CSc1nc2cc(Cl)ccc2c(=O)n1Cc1ccco1)c1c[nH]c2ccccc12. The highest BCUT2D eigenvalue weighted by atomic mass is 35.5. The van der Waals surface area contributed by atoms with Crippen LogP contribution in [-0.4, -0.2) is 26.1 Å². The highest BCUT2D eigenvalue weighted by Crippen LogP contribution is 2.24. The van der Waals surface area contributed by atoms with E-state index >= 15 is 0 Å². The van der Waals surface area contributed by atoms with E-state index in [1.807, 2.05) is 24.3 Å². The number of thioether (sulfide) groups is 1. The molecule has 0 amide bonds. The number of benzene rings is 2. The average Bonchev–Trinajstić information content (AvgIpc) is 3.44. The van der Waals surface area contributed by atoms with Gasteiger partial charge in [0, 0.05) is 27.7 Å². The van der Waals surface area contributed by atoms with Gasteiger partial charge in [0.2, 0.25) is 0 Å². The number of furan rings is 1. The molecule has 0 saturated heterocycles. The third kappa shape index (κ3) is 3.78. The van der Waals surface area contributed by atoms with Gasteiger partial charge in [0.15, 0.2) is 10.9 Å². The third-order valence-corrected chi connectivity index (χ3v) is 6.21. The summed E-state index contributed by atoms with van der Waals surface area (Å²) >= 11 is 7.32. The molecule has 0 aliphatic rings. The van der Waals surface area contributed by atoms with Crippen molar-refractivity contribution in [3.63, 3.8) is 0 Å². The molecule has 8 heteroatoms. The lowest BCUT2D eigenvalue weighted by atomic mass is 10.1. The first-order valence-electron chi connectivity index (χ1n) is 9.55. The van der Waals surface area contributed by atoms with Gasteiger partial charge in [-0.3, -0.25) is 14.2 Å². The molecular weight excluding hydrogens is 434 g/mol. The molecule has 0 aliphatic carbocycles. The van der Waals surface area contributed by atoms with Crippen LogP contribution in [0.15, 0.2) is 81.4 Å². The molecule has 0 bridgehead atoms. The minimum absolute atomic E-state index is 0.0487. The fraction of sp³-hybridized carbons (Fsp3) is 0.0870. The molecular formula is C23H16ClN3O3S. The van der Waals surface area contributed by atoms with Gasteiger partial charge in [0.1, 0.15) is 5.76 Å². The number of ketones is 1. The monoisotopic (exact) mass is 449 g/mol. The van der Waals surface area contributed by atoms with Crippen molar-refractivity contribution in [3.8, 4) is 0 Å².